The van der Waals surface area contributed by atoms with Crippen LogP contribution in [0.25, 0.3) is 0 Å². The Bertz CT molecular complexity index is 600. The SMILES string of the molecule is CCCNC(=O)[C@H](C)OC(=O)c1cccc(N2CCCC2=O)c1. The van der Waals surface area contributed by atoms with E-state index in [1.54, 1.807) is 29.2 Å². The molecule has 23 heavy (non-hydrogen) atoms. The number of anilines is 1. The van der Waals surface area contributed by atoms with Crippen molar-refractivity contribution in [1.82, 2.24) is 5.32 Å². The predicted molar refractivity (Wildman–Crippen MR) is 86.2 cm³/mol. The minimum Gasteiger partial charge on any atom is -0.449 e. The van der Waals surface area contributed by atoms with Gasteiger partial charge >= 0.3 is 5.97 Å². The fraction of sp³-hybridized carbons (Fsp3) is 0.471. The molecule has 1 aliphatic rings. The summed E-state index contributed by atoms with van der Waals surface area (Å²) in [5.74, 6) is -0.827. The second-order valence-corrected chi connectivity index (χ2v) is 5.54. The summed E-state index contributed by atoms with van der Waals surface area (Å²) in [6.45, 7) is 4.69. The summed E-state index contributed by atoms with van der Waals surface area (Å²) < 4.78 is 5.19. The molecule has 2 rings (SSSR count). The Labute approximate surface area is 135 Å². The van der Waals surface area contributed by atoms with Crippen LogP contribution in [0.15, 0.2) is 24.3 Å². The van der Waals surface area contributed by atoms with Crippen LogP contribution in [0.3, 0.4) is 0 Å². The van der Waals surface area contributed by atoms with Gasteiger partial charge in [0, 0.05) is 25.2 Å². The van der Waals surface area contributed by atoms with Gasteiger partial charge in [0.15, 0.2) is 6.10 Å². The van der Waals surface area contributed by atoms with Crippen molar-refractivity contribution in [2.75, 3.05) is 18.0 Å². The molecule has 6 heteroatoms. The van der Waals surface area contributed by atoms with Crippen molar-refractivity contribution in [3.63, 3.8) is 0 Å². The molecule has 0 saturated carbocycles. The molecule has 1 saturated heterocycles. The summed E-state index contributed by atoms with van der Waals surface area (Å²) in [6.07, 6.45) is 1.31. The Kier molecular flexibility index (Phi) is 5.73. The first-order valence-corrected chi connectivity index (χ1v) is 7.92. The van der Waals surface area contributed by atoms with Gasteiger partial charge in [-0.25, -0.2) is 4.79 Å². The van der Waals surface area contributed by atoms with Crippen LogP contribution in [-0.4, -0.2) is 37.0 Å². The molecule has 0 radical (unpaired) electrons. The number of nitrogens with one attached hydrogen (secondary N) is 1. The topological polar surface area (TPSA) is 75.7 Å². The molecule has 1 N–H and O–H groups in total. The highest BCUT2D eigenvalue weighted by molar-refractivity contribution is 5.98. The average Bonchev–Trinajstić information content (AvgIpc) is 2.98. The highest BCUT2D eigenvalue weighted by atomic mass is 16.5. The Hall–Kier alpha value is -2.37. The zero-order valence-corrected chi connectivity index (χ0v) is 13.5. The maximum Gasteiger partial charge on any atom is 0.338 e. The van der Waals surface area contributed by atoms with Crippen LogP contribution in [-0.2, 0) is 14.3 Å². The van der Waals surface area contributed by atoms with Crippen LogP contribution in [0.4, 0.5) is 5.69 Å². The summed E-state index contributed by atoms with van der Waals surface area (Å²) in [4.78, 5) is 37.4. The quantitative estimate of drug-likeness (QED) is 0.813. The minimum absolute atomic E-state index is 0.0582. The van der Waals surface area contributed by atoms with Crippen molar-refractivity contribution in [2.45, 2.75) is 39.2 Å². The molecular weight excluding hydrogens is 296 g/mol. The van der Waals surface area contributed by atoms with E-state index in [-0.39, 0.29) is 11.8 Å². The van der Waals surface area contributed by atoms with Crippen molar-refractivity contribution < 1.29 is 19.1 Å². The van der Waals surface area contributed by atoms with Gasteiger partial charge in [0.1, 0.15) is 0 Å². The van der Waals surface area contributed by atoms with Gasteiger partial charge in [-0.1, -0.05) is 13.0 Å². The van der Waals surface area contributed by atoms with Crippen LogP contribution in [0.5, 0.6) is 0 Å². The van der Waals surface area contributed by atoms with E-state index in [2.05, 4.69) is 5.32 Å². The van der Waals surface area contributed by atoms with Crippen molar-refractivity contribution in [2.24, 2.45) is 0 Å². The van der Waals surface area contributed by atoms with Gasteiger partial charge in [-0.05, 0) is 38.0 Å². The van der Waals surface area contributed by atoms with Crippen LogP contribution in [0, 0.1) is 0 Å². The summed E-state index contributed by atoms with van der Waals surface area (Å²) in [5, 5.41) is 2.68. The van der Waals surface area contributed by atoms with Crippen molar-refractivity contribution in [3.05, 3.63) is 29.8 Å². The third-order valence-corrected chi connectivity index (χ3v) is 3.67. The average molecular weight is 318 g/mol. The molecular formula is C17H22N2O4. The number of carbonyl (C=O) groups excluding carboxylic acids is 3. The lowest BCUT2D eigenvalue weighted by molar-refractivity contribution is -0.129. The summed E-state index contributed by atoms with van der Waals surface area (Å²) in [5.41, 5.74) is 1.02. The van der Waals surface area contributed by atoms with Gasteiger partial charge in [-0.3, -0.25) is 9.59 Å². The largest absolute Gasteiger partial charge is 0.449 e. The molecule has 1 fully saturated rings. The summed E-state index contributed by atoms with van der Waals surface area (Å²) in [7, 11) is 0. The molecule has 1 aromatic carbocycles. The van der Waals surface area contributed by atoms with Crippen molar-refractivity contribution >= 4 is 23.5 Å². The van der Waals surface area contributed by atoms with Crippen LogP contribution < -0.4 is 10.2 Å². The lowest BCUT2D eigenvalue weighted by atomic mass is 10.2. The lowest BCUT2D eigenvalue weighted by Crippen LogP contribution is -2.36. The number of benzene rings is 1. The van der Waals surface area contributed by atoms with Gasteiger partial charge in [-0.15, -0.1) is 0 Å². The molecule has 1 heterocycles. The summed E-state index contributed by atoms with van der Waals surface area (Å²) >= 11 is 0. The Morgan fingerprint density at radius 3 is 2.83 bits per heavy atom. The third-order valence-electron chi connectivity index (χ3n) is 3.67. The van der Waals surface area contributed by atoms with Crippen LogP contribution >= 0.6 is 0 Å². The standard InChI is InChI=1S/C17H22N2O4/c1-3-9-18-16(21)12(2)23-17(22)13-6-4-7-14(11-13)19-10-5-8-15(19)20/h4,6-7,11-12H,3,5,8-10H2,1-2H3,(H,18,21)/t12-/m0/s1. The van der Waals surface area contributed by atoms with Crippen molar-refractivity contribution in [1.29, 1.82) is 0 Å². The smallest absolute Gasteiger partial charge is 0.338 e. The molecule has 6 nitrogen and oxygen atoms in total. The monoisotopic (exact) mass is 318 g/mol. The van der Waals surface area contributed by atoms with E-state index in [1.165, 1.54) is 6.92 Å². The normalized spacial score (nSPS) is 15.4. The Balaban J connectivity index is 2.02. The molecule has 0 aliphatic carbocycles. The maximum atomic E-state index is 12.2. The molecule has 124 valence electrons. The predicted octanol–water partition coefficient (Wildman–Crippen LogP) is 1.88. The number of rotatable bonds is 6. The maximum absolute atomic E-state index is 12.2. The van der Waals surface area contributed by atoms with Gasteiger partial charge in [0.25, 0.3) is 5.91 Å². The van der Waals surface area contributed by atoms with Gasteiger partial charge in [0.05, 0.1) is 5.56 Å². The molecule has 2 amide bonds. The molecule has 0 unspecified atom stereocenters. The first-order valence-electron chi connectivity index (χ1n) is 7.92. The van der Waals surface area contributed by atoms with E-state index in [1.807, 2.05) is 6.92 Å². The Morgan fingerprint density at radius 2 is 2.17 bits per heavy atom. The number of amides is 2. The van der Waals surface area contributed by atoms with Crippen LogP contribution in [0.1, 0.15) is 43.5 Å². The Morgan fingerprint density at radius 1 is 1.39 bits per heavy atom. The zero-order valence-electron chi connectivity index (χ0n) is 13.5. The molecule has 0 spiro atoms. The van der Waals surface area contributed by atoms with Crippen LogP contribution in [0.2, 0.25) is 0 Å². The van der Waals surface area contributed by atoms with Gasteiger partial charge < -0.3 is 15.0 Å². The number of nitrogens with zero attached hydrogens (tertiary/aromatic N) is 1. The highest BCUT2D eigenvalue weighted by Crippen LogP contribution is 2.22. The molecule has 1 aliphatic heterocycles. The number of hydrogen-bond acceptors (Lipinski definition) is 4. The van der Waals surface area contributed by atoms with Crippen molar-refractivity contribution in [3.8, 4) is 0 Å². The highest BCUT2D eigenvalue weighted by Gasteiger charge is 2.23. The fourth-order valence-corrected chi connectivity index (χ4v) is 2.40. The second-order valence-electron chi connectivity index (χ2n) is 5.54. The molecule has 1 aromatic rings. The summed E-state index contributed by atoms with van der Waals surface area (Å²) in [6, 6.07) is 6.74. The molecule has 0 bridgehead atoms. The minimum atomic E-state index is -0.855. The fourth-order valence-electron chi connectivity index (χ4n) is 2.40. The van der Waals surface area contributed by atoms with E-state index in [0.717, 1.165) is 12.8 Å². The van der Waals surface area contributed by atoms with Gasteiger partial charge in [0.2, 0.25) is 5.91 Å². The number of ether oxygens (including phenoxy) is 1. The first-order chi connectivity index (χ1) is 11.0. The van der Waals surface area contributed by atoms with E-state index in [4.69, 9.17) is 4.74 Å². The number of esters is 1. The zero-order chi connectivity index (χ0) is 16.8. The van der Waals surface area contributed by atoms with E-state index >= 15 is 0 Å². The van der Waals surface area contributed by atoms with E-state index < -0.39 is 12.1 Å². The van der Waals surface area contributed by atoms with Gasteiger partial charge in [-0.2, -0.15) is 0 Å². The number of hydrogen-bond donors (Lipinski definition) is 1. The number of carbonyl (C=O) groups is 3. The lowest BCUT2D eigenvalue weighted by Gasteiger charge is -2.17. The van der Waals surface area contributed by atoms with E-state index in [9.17, 15) is 14.4 Å². The second kappa shape index (κ2) is 7.76. The first kappa shape index (κ1) is 17.0. The molecule has 0 aromatic heterocycles. The van der Waals surface area contributed by atoms with E-state index in [0.29, 0.717) is 30.8 Å². The molecule has 1 atom stereocenters. The third kappa shape index (κ3) is 4.31.